The highest BCUT2D eigenvalue weighted by Crippen LogP contribution is 2.30. The van der Waals surface area contributed by atoms with Crippen molar-refractivity contribution >= 4 is 23.5 Å². The lowest BCUT2D eigenvalue weighted by atomic mass is 9.96. The number of piperazine rings is 1. The first-order chi connectivity index (χ1) is 16.6. The fourth-order valence-electron chi connectivity index (χ4n) is 4.50. The Morgan fingerprint density at radius 3 is 2.66 bits per heavy atom. The van der Waals surface area contributed by atoms with Crippen molar-refractivity contribution in [2.24, 2.45) is 16.1 Å². The molecule has 0 bridgehead atoms. The Bertz CT molecular complexity index is 922. The van der Waals surface area contributed by atoms with Crippen LogP contribution in [0, 0.1) is 5.41 Å². The first kappa shape index (κ1) is 26.7. The van der Waals surface area contributed by atoms with E-state index in [2.05, 4.69) is 41.3 Å². The van der Waals surface area contributed by atoms with E-state index in [0.29, 0.717) is 37.8 Å². The molecular weight excluding hydrogens is 446 g/mol. The summed E-state index contributed by atoms with van der Waals surface area (Å²) in [5.41, 5.74) is 7.96. The number of hydrogen-bond donors (Lipinski definition) is 3. The molecule has 0 aliphatic carbocycles. The molecule has 2 aliphatic rings. The molecule has 1 aromatic carbocycles. The van der Waals surface area contributed by atoms with Gasteiger partial charge in [0.25, 0.3) is 0 Å². The smallest absolute Gasteiger partial charge is 0.241 e. The number of nitrogens with zero attached hydrogens (tertiary/aromatic N) is 4. The highest BCUT2D eigenvalue weighted by molar-refractivity contribution is 5.88. The largest absolute Gasteiger partial charge is 0.493 e. The van der Waals surface area contributed by atoms with E-state index in [1.807, 2.05) is 25.2 Å². The van der Waals surface area contributed by atoms with Gasteiger partial charge in [-0.3, -0.25) is 14.5 Å². The van der Waals surface area contributed by atoms with Crippen LogP contribution in [0.2, 0.25) is 0 Å². The summed E-state index contributed by atoms with van der Waals surface area (Å²) in [5.74, 6) is 1.04. The van der Waals surface area contributed by atoms with E-state index in [9.17, 15) is 9.59 Å². The maximum absolute atomic E-state index is 12.7. The van der Waals surface area contributed by atoms with E-state index >= 15 is 0 Å². The van der Waals surface area contributed by atoms with Crippen LogP contribution in [0.4, 0.5) is 5.69 Å². The third kappa shape index (κ3) is 7.57. The molecule has 0 radical (unpaired) electrons. The third-order valence-electron chi connectivity index (χ3n) is 6.24. The quantitative estimate of drug-likeness (QED) is 0.471. The maximum Gasteiger partial charge on any atom is 0.241 e. The van der Waals surface area contributed by atoms with Gasteiger partial charge in [-0.25, -0.2) is 4.99 Å². The minimum Gasteiger partial charge on any atom is -0.493 e. The fourth-order valence-corrected chi connectivity index (χ4v) is 4.50. The second-order valence-electron chi connectivity index (χ2n) is 10.5. The van der Waals surface area contributed by atoms with Gasteiger partial charge >= 0.3 is 0 Å². The Balaban J connectivity index is 1.57. The average Bonchev–Trinajstić information content (AvgIpc) is 2.81. The summed E-state index contributed by atoms with van der Waals surface area (Å²) < 4.78 is 5.99. The first-order valence-corrected chi connectivity index (χ1v) is 12.3. The van der Waals surface area contributed by atoms with Gasteiger partial charge in [-0.15, -0.1) is 0 Å². The van der Waals surface area contributed by atoms with Crippen LogP contribution in [0.3, 0.4) is 0 Å². The lowest BCUT2D eigenvalue weighted by Gasteiger charge is -2.33. The van der Waals surface area contributed by atoms with Crippen LogP contribution in [0.1, 0.15) is 32.8 Å². The molecule has 3 rings (SSSR count). The van der Waals surface area contributed by atoms with Gasteiger partial charge in [0.1, 0.15) is 12.3 Å². The molecule has 10 heteroatoms. The summed E-state index contributed by atoms with van der Waals surface area (Å²) in [6, 6.07) is 5.52. The number of amides is 2. The highest BCUT2D eigenvalue weighted by Gasteiger charge is 2.27. The number of rotatable bonds is 9. The lowest BCUT2D eigenvalue weighted by molar-refractivity contribution is -0.131. The number of ether oxygens (including phenoxy) is 1. The Morgan fingerprint density at radius 2 is 2.00 bits per heavy atom. The summed E-state index contributed by atoms with van der Waals surface area (Å²) in [5, 5.41) is 6.09. The number of aliphatic imine (C=N–C) groups is 1. The zero-order valence-corrected chi connectivity index (χ0v) is 21.8. The zero-order chi connectivity index (χ0) is 25.6. The van der Waals surface area contributed by atoms with Gasteiger partial charge < -0.3 is 30.9 Å². The molecule has 1 atom stereocenters. The van der Waals surface area contributed by atoms with Crippen LogP contribution in [0.25, 0.3) is 0 Å². The van der Waals surface area contributed by atoms with Crippen molar-refractivity contribution in [1.29, 1.82) is 0 Å². The molecule has 194 valence electrons. The maximum atomic E-state index is 12.7. The molecule has 0 spiro atoms. The van der Waals surface area contributed by atoms with Crippen LogP contribution < -0.4 is 21.1 Å². The summed E-state index contributed by atoms with van der Waals surface area (Å²) in [7, 11) is 3.49. The number of carbonyl (C=O) groups is 2. The summed E-state index contributed by atoms with van der Waals surface area (Å²) >= 11 is 0. The van der Waals surface area contributed by atoms with E-state index in [1.54, 1.807) is 16.8 Å². The zero-order valence-electron chi connectivity index (χ0n) is 21.8. The van der Waals surface area contributed by atoms with Crippen LogP contribution in [0.15, 0.2) is 23.2 Å². The van der Waals surface area contributed by atoms with Crippen LogP contribution in [0.5, 0.6) is 5.75 Å². The molecule has 35 heavy (non-hydrogen) atoms. The standard InChI is InChI=1S/C25H41N7O3/c1-25(2,3)17-30(5)22(33)16-32-15-18-6-7-19(14-20(18)29-24(32)26)35-13-8-21(23(34)27-4)31-11-9-28-10-12-31/h6-7,14,21,28H,8-13,15-17H2,1-5H3,(H2,26,29)(H,27,34). The van der Waals surface area contributed by atoms with Gasteiger partial charge in [-0.1, -0.05) is 26.8 Å². The molecule has 0 saturated carbocycles. The van der Waals surface area contributed by atoms with E-state index in [1.165, 1.54) is 0 Å². The number of likely N-dealkylation sites (N-methyl/N-ethyl adjacent to an activating group) is 2. The number of benzene rings is 1. The van der Waals surface area contributed by atoms with Gasteiger partial charge in [0.15, 0.2) is 5.96 Å². The van der Waals surface area contributed by atoms with Gasteiger partial charge in [0, 0.05) is 65.9 Å². The van der Waals surface area contributed by atoms with Crippen molar-refractivity contribution in [3.8, 4) is 5.75 Å². The summed E-state index contributed by atoms with van der Waals surface area (Å²) in [6.07, 6.45) is 0.597. The Morgan fingerprint density at radius 1 is 1.29 bits per heavy atom. The molecular formula is C25H41N7O3. The van der Waals surface area contributed by atoms with Crippen molar-refractivity contribution < 1.29 is 14.3 Å². The number of guanidine groups is 1. The molecule has 1 fully saturated rings. The van der Waals surface area contributed by atoms with Crippen LogP contribution in [-0.4, -0.2) is 98.5 Å². The number of nitrogens with one attached hydrogen (secondary N) is 2. The van der Waals surface area contributed by atoms with Gasteiger partial charge in [-0.2, -0.15) is 0 Å². The van der Waals surface area contributed by atoms with E-state index in [0.717, 1.165) is 37.4 Å². The van der Waals surface area contributed by atoms with E-state index in [-0.39, 0.29) is 29.8 Å². The number of nitrogens with two attached hydrogens (primary N) is 1. The van der Waals surface area contributed by atoms with Crippen LogP contribution in [-0.2, 0) is 16.1 Å². The number of carbonyl (C=O) groups excluding carboxylic acids is 2. The number of fused-ring (bicyclic) bond motifs is 1. The number of hydrogen-bond acceptors (Lipinski definition) is 8. The lowest BCUT2D eigenvalue weighted by Crippen LogP contribution is -2.53. The van der Waals surface area contributed by atoms with Crippen molar-refractivity contribution in [3.05, 3.63) is 23.8 Å². The van der Waals surface area contributed by atoms with Crippen molar-refractivity contribution in [1.82, 2.24) is 25.3 Å². The van der Waals surface area contributed by atoms with Gasteiger partial charge in [-0.05, 0) is 17.0 Å². The predicted octanol–water partition coefficient (Wildman–Crippen LogP) is 0.742. The first-order valence-electron chi connectivity index (χ1n) is 12.3. The minimum absolute atomic E-state index is 0.0108. The van der Waals surface area contributed by atoms with Crippen molar-refractivity contribution in [2.45, 2.75) is 39.8 Å². The van der Waals surface area contributed by atoms with E-state index < -0.39 is 0 Å². The normalized spacial score (nSPS) is 17.3. The van der Waals surface area contributed by atoms with Crippen molar-refractivity contribution in [2.75, 3.05) is 60.0 Å². The summed E-state index contributed by atoms with van der Waals surface area (Å²) in [6.45, 7) is 11.6. The Kier molecular flexibility index (Phi) is 8.96. The fraction of sp³-hybridized carbons (Fsp3) is 0.640. The van der Waals surface area contributed by atoms with Crippen molar-refractivity contribution in [3.63, 3.8) is 0 Å². The van der Waals surface area contributed by atoms with Gasteiger partial charge in [0.05, 0.1) is 18.3 Å². The second-order valence-corrected chi connectivity index (χ2v) is 10.5. The molecule has 2 amide bonds. The molecule has 2 aliphatic heterocycles. The molecule has 1 saturated heterocycles. The minimum atomic E-state index is -0.212. The SMILES string of the molecule is CNC(=O)C(CCOc1ccc2c(c1)N=C(N)N(CC(=O)N(C)CC(C)(C)C)C2)N1CCNCC1. The Labute approximate surface area is 208 Å². The summed E-state index contributed by atoms with van der Waals surface area (Å²) in [4.78, 5) is 35.3. The molecule has 1 aromatic rings. The molecule has 0 aromatic heterocycles. The highest BCUT2D eigenvalue weighted by atomic mass is 16.5. The second kappa shape index (κ2) is 11.7. The topological polar surface area (TPSA) is 116 Å². The molecule has 1 unspecified atom stereocenters. The van der Waals surface area contributed by atoms with Crippen LogP contribution >= 0.6 is 0 Å². The van der Waals surface area contributed by atoms with E-state index in [4.69, 9.17) is 10.5 Å². The van der Waals surface area contributed by atoms with Gasteiger partial charge in [0.2, 0.25) is 11.8 Å². The monoisotopic (exact) mass is 487 g/mol. The molecule has 10 nitrogen and oxygen atoms in total. The molecule has 4 N–H and O–H groups in total. The third-order valence-corrected chi connectivity index (χ3v) is 6.24. The predicted molar refractivity (Wildman–Crippen MR) is 138 cm³/mol. The molecule has 2 heterocycles. The average molecular weight is 488 g/mol. The Hall–Kier alpha value is -2.85.